The minimum Gasteiger partial charge on any atom is -0.481 e. The quantitative estimate of drug-likeness (QED) is 0.892. The van der Waals surface area contributed by atoms with Gasteiger partial charge in [0.15, 0.2) is 0 Å². The highest BCUT2D eigenvalue weighted by atomic mass is 16.4. The number of carboxylic acids is 1. The summed E-state index contributed by atoms with van der Waals surface area (Å²) >= 11 is 0. The van der Waals surface area contributed by atoms with Crippen molar-refractivity contribution in [1.29, 1.82) is 0 Å². The Bertz CT molecular complexity index is 495. The van der Waals surface area contributed by atoms with Crippen LogP contribution in [0.1, 0.15) is 45.4 Å². The molecule has 1 aromatic rings. The molecule has 0 spiro atoms. The number of pyridine rings is 1. The van der Waals surface area contributed by atoms with Crippen molar-refractivity contribution in [3.8, 4) is 0 Å². The Kier molecular flexibility index (Phi) is 4.33. The van der Waals surface area contributed by atoms with Gasteiger partial charge in [0.25, 0.3) is 5.56 Å². The highest BCUT2D eigenvalue weighted by molar-refractivity contribution is 5.67. The first-order valence-corrected chi connectivity index (χ1v) is 6.22. The molecule has 18 heavy (non-hydrogen) atoms. The summed E-state index contributed by atoms with van der Waals surface area (Å²) in [6.07, 6.45) is 0.284. The molecule has 0 saturated heterocycles. The third kappa shape index (κ3) is 3.22. The van der Waals surface area contributed by atoms with Crippen molar-refractivity contribution in [3.63, 3.8) is 0 Å². The van der Waals surface area contributed by atoms with E-state index < -0.39 is 5.97 Å². The summed E-state index contributed by atoms with van der Waals surface area (Å²) in [5, 5.41) is 8.67. The summed E-state index contributed by atoms with van der Waals surface area (Å²) in [7, 11) is 0. The molecule has 0 atom stereocenters. The molecule has 1 heterocycles. The fourth-order valence-corrected chi connectivity index (χ4v) is 2.02. The third-order valence-electron chi connectivity index (χ3n) is 2.95. The molecule has 1 N–H and O–H groups in total. The van der Waals surface area contributed by atoms with Crippen LogP contribution in [0.5, 0.6) is 0 Å². The van der Waals surface area contributed by atoms with Gasteiger partial charge >= 0.3 is 5.97 Å². The highest BCUT2D eigenvalue weighted by Crippen LogP contribution is 2.21. The average molecular weight is 251 g/mol. The Hall–Kier alpha value is -1.58. The number of rotatable bonds is 4. The third-order valence-corrected chi connectivity index (χ3v) is 2.95. The molecule has 0 saturated carbocycles. The van der Waals surface area contributed by atoms with Crippen molar-refractivity contribution >= 4 is 5.97 Å². The highest BCUT2D eigenvalue weighted by Gasteiger charge is 2.19. The normalized spacial score (nSPS) is 11.6. The Morgan fingerprint density at radius 2 is 1.94 bits per heavy atom. The number of nitrogens with zero attached hydrogens (tertiary/aromatic N) is 1. The molecule has 0 radical (unpaired) electrons. The smallest absolute Gasteiger partial charge is 0.303 e. The number of hydrogen-bond acceptors (Lipinski definition) is 2. The lowest BCUT2D eigenvalue weighted by molar-refractivity contribution is -0.136. The van der Waals surface area contributed by atoms with Crippen LogP contribution < -0.4 is 5.56 Å². The summed E-state index contributed by atoms with van der Waals surface area (Å²) in [6.45, 7) is 8.71. The Balaban J connectivity index is 3.21. The van der Waals surface area contributed by atoms with Crippen LogP contribution in [0.2, 0.25) is 0 Å². The second-order valence-electron chi connectivity index (χ2n) is 5.44. The Labute approximate surface area is 107 Å². The molecular weight excluding hydrogens is 230 g/mol. The summed E-state index contributed by atoms with van der Waals surface area (Å²) in [5.41, 5.74) is 1.40. The molecule has 0 unspecified atom stereocenters. The fourth-order valence-electron chi connectivity index (χ4n) is 2.02. The largest absolute Gasteiger partial charge is 0.481 e. The predicted octanol–water partition coefficient (Wildman–Crippen LogP) is 2.18. The van der Waals surface area contributed by atoms with E-state index in [9.17, 15) is 9.59 Å². The second-order valence-corrected chi connectivity index (χ2v) is 5.44. The lowest BCUT2D eigenvalue weighted by Gasteiger charge is -2.24. The fraction of sp³-hybridized carbons (Fsp3) is 0.571. The zero-order valence-electron chi connectivity index (χ0n) is 11.5. The Morgan fingerprint density at radius 1 is 1.33 bits per heavy atom. The SMILES string of the molecule is CCn1c(C(C)(C)C)ccc(CCC(=O)O)c1=O. The van der Waals surface area contributed by atoms with E-state index in [-0.39, 0.29) is 17.4 Å². The molecular formula is C14H21NO3. The van der Waals surface area contributed by atoms with Gasteiger partial charge in [0.05, 0.1) is 0 Å². The summed E-state index contributed by atoms with van der Waals surface area (Å²) < 4.78 is 1.73. The van der Waals surface area contributed by atoms with E-state index in [0.29, 0.717) is 18.5 Å². The lowest BCUT2D eigenvalue weighted by Crippen LogP contribution is -2.31. The second kappa shape index (κ2) is 5.38. The van der Waals surface area contributed by atoms with Crippen molar-refractivity contribution in [3.05, 3.63) is 33.7 Å². The van der Waals surface area contributed by atoms with Gasteiger partial charge in [-0.15, -0.1) is 0 Å². The molecule has 0 fully saturated rings. The maximum Gasteiger partial charge on any atom is 0.303 e. The van der Waals surface area contributed by atoms with Crippen LogP contribution >= 0.6 is 0 Å². The number of aliphatic carboxylic acids is 1. The molecule has 0 aromatic carbocycles. The minimum atomic E-state index is -0.877. The van der Waals surface area contributed by atoms with Gasteiger partial charge in [0, 0.05) is 29.6 Å². The van der Waals surface area contributed by atoms with Crippen LogP contribution in [0.25, 0.3) is 0 Å². The van der Waals surface area contributed by atoms with Gasteiger partial charge in [0.2, 0.25) is 0 Å². The molecule has 0 aliphatic heterocycles. The van der Waals surface area contributed by atoms with Crippen LogP contribution in [-0.4, -0.2) is 15.6 Å². The van der Waals surface area contributed by atoms with E-state index in [2.05, 4.69) is 20.8 Å². The maximum absolute atomic E-state index is 12.3. The predicted molar refractivity (Wildman–Crippen MR) is 71.0 cm³/mol. The number of carboxylic acid groups (broad SMARTS) is 1. The van der Waals surface area contributed by atoms with Gasteiger partial charge in [-0.05, 0) is 19.4 Å². The van der Waals surface area contributed by atoms with Crippen molar-refractivity contribution < 1.29 is 9.90 Å². The number of hydrogen-bond donors (Lipinski definition) is 1. The van der Waals surface area contributed by atoms with E-state index in [4.69, 9.17) is 5.11 Å². The van der Waals surface area contributed by atoms with E-state index >= 15 is 0 Å². The molecule has 0 bridgehead atoms. The molecule has 4 heteroatoms. The zero-order valence-corrected chi connectivity index (χ0v) is 11.5. The first-order valence-electron chi connectivity index (χ1n) is 6.22. The number of carbonyl (C=O) groups is 1. The molecule has 1 aromatic heterocycles. The van der Waals surface area contributed by atoms with Gasteiger partial charge in [-0.25, -0.2) is 0 Å². The molecule has 4 nitrogen and oxygen atoms in total. The minimum absolute atomic E-state index is 0.00613. The van der Waals surface area contributed by atoms with Crippen molar-refractivity contribution in [2.24, 2.45) is 0 Å². The first kappa shape index (κ1) is 14.5. The zero-order chi connectivity index (χ0) is 13.9. The van der Waals surface area contributed by atoms with Gasteiger partial charge in [-0.1, -0.05) is 26.8 Å². The van der Waals surface area contributed by atoms with Crippen LogP contribution in [0.3, 0.4) is 0 Å². The molecule has 0 amide bonds. The Morgan fingerprint density at radius 3 is 2.39 bits per heavy atom. The van der Waals surface area contributed by atoms with Gasteiger partial charge in [0.1, 0.15) is 0 Å². The molecule has 100 valence electrons. The standard InChI is InChI=1S/C14H21NO3/c1-5-15-11(14(2,3)4)8-6-10(13(15)18)7-9-12(16)17/h6,8H,5,7,9H2,1-4H3,(H,16,17). The molecule has 0 aliphatic carbocycles. The van der Waals surface area contributed by atoms with E-state index in [1.165, 1.54) is 0 Å². The average Bonchev–Trinajstić information content (AvgIpc) is 2.25. The molecule has 0 aliphatic rings. The summed E-state index contributed by atoms with van der Waals surface area (Å²) in [5.74, 6) is -0.877. The first-order chi connectivity index (χ1) is 8.27. The van der Waals surface area contributed by atoms with E-state index in [1.807, 2.05) is 13.0 Å². The lowest BCUT2D eigenvalue weighted by atomic mass is 9.90. The molecule has 1 rings (SSSR count). The monoisotopic (exact) mass is 251 g/mol. The summed E-state index contributed by atoms with van der Waals surface area (Å²) in [6, 6.07) is 3.69. The van der Waals surface area contributed by atoms with Crippen molar-refractivity contribution in [2.45, 2.75) is 52.5 Å². The topological polar surface area (TPSA) is 59.3 Å². The van der Waals surface area contributed by atoms with E-state index in [1.54, 1.807) is 10.6 Å². The van der Waals surface area contributed by atoms with Gasteiger partial charge in [-0.2, -0.15) is 0 Å². The summed E-state index contributed by atoms with van der Waals surface area (Å²) in [4.78, 5) is 22.8. The van der Waals surface area contributed by atoms with Crippen LogP contribution in [0, 0.1) is 0 Å². The van der Waals surface area contributed by atoms with Gasteiger partial charge in [-0.3, -0.25) is 9.59 Å². The van der Waals surface area contributed by atoms with Crippen LogP contribution in [0.15, 0.2) is 16.9 Å². The van der Waals surface area contributed by atoms with Crippen molar-refractivity contribution in [2.75, 3.05) is 0 Å². The van der Waals surface area contributed by atoms with Crippen LogP contribution in [-0.2, 0) is 23.2 Å². The number of aromatic nitrogens is 1. The maximum atomic E-state index is 12.3. The van der Waals surface area contributed by atoms with Crippen molar-refractivity contribution in [1.82, 2.24) is 4.57 Å². The van der Waals surface area contributed by atoms with Crippen LogP contribution in [0.4, 0.5) is 0 Å². The van der Waals surface area contributed by atoms with Gasteiger partial charge < -0.3 is 9.67 Å². The number of aryl methyl sites for hydroxylation is 1. The van der Waals surface area contributed by atoms with E-state index in [0.717, 1.165) is 5.69 Å².